The summed E-state index contributed by atoms with van der Waals surface area (Å²) in [5, 5.41) is 91.4. The van der Waals surface area contributed by atoms with E-state index in [0.717, 1.165) is 17.0 Å². The number of phenols is 1. The van der Waals surface area contributed by atoms with Crippen molar-refractivity contribution in [2.45, 2.75) is 119 Å². The van der Waals surface area contributed by atoms with Gasteiger partial charge in [-0.3, -0.25) is 62.3 Å². The number of phenolic OH excluding ortho intramolecular Hbond substituents is 1. The number of carbonyl (C=O) groups is 14. The summed E-state index contributed by atoms with van der Waals surface area (Å²) in [4.78, 5) is 177. The van der Waals surface area contributed by atoms with Crippen molar-refractivity contribution in [2.75, 3.05) is 19.8 Å². The van der Waals surface area contributed by atoms with E-state index in [-0.39, 0.29) is 30.7 Å². The number of carboxylic acid groups (broad SMARTS) is 5. The summed E-state index contributed by atoms with van der Waals surface area (Å²) in [6.45, 7) is -2.61. The lowest BCUT2D eigenvalue weighted by atomic mass is 10.0. The molecular formula is C42H58N10O22. The zero-order valence-corrected chi connectivity index (χ0v) is 39.1. The number of likely N-dealkylation sites (tertiary alicyclic amines) is 1. The van der Waals surface area contributed by atoms with Crippen LogP contribution >= 0.6 is 0 Å². The summed E-state index contributed by atoms with van der Waals surface area (Å²) < 4.78 is 0. The molecule has 1 fully saturated rings. The Kier molecular flexibility index (Phi) is 24.8. The Labute approximate surface area is 417 Å². The molecule has 0 aliphatic carbocycles. The van der Waals surface area contributed by atoms with Crippen LogP contribution in [0.5, 0.6) is 5.75 Å². The molecule has 9 atom stereocenters. The number of carboxylic acids is 5. The number of hydrogen-bond acceptors (Lipinski definition) is 18. The van der Waals surface area contributed by atoms with E-state index in [2.05, 4.69) is 26.6 Å². The minimum absolute atomic E-state index is 0.0356. The van der Waals surface area contributed by atoms with Gasteiger partial charge in [0.15, 0.2) is 0 Å². The Hall–Kier alpha value is -8.52. The van der Waals surface area contributed by atoms with Gasteiger partial charge in [0.05, 0.1) is 38.5 Å². The molecule has 1 aromatic rings. The van der Waals surface area contributed by atoms with Gasteiger partial charge < -0.3 is 94.4 Å². The second-order valence-electron chi connectivity index (χ2n) is 16.5. The van der Waals surface area contributed by atoms with Crippen LogP contribution in [0.15, 0.2) is 24.3 Å². The molecule has 0 unspecified atom stereocenters. The predicted molar refractivity (Wildman–Crippen MR) is 242 cm³/mol. The van der Waals surface area contributed by atoms with Crippen LogP contribution in [0.3, 0.4) is 0 Å². The Morgan fingerprint density at radius 3 is 1.47 bits per heavy atom. The van der Waals surface area contributed by atoms with E-state index in [9.17, 15) is 103 Å². The Morgan fingerprint density at radius 1 is 0.541 bits per heavy atom. The van der Waals surface area contributed by atoms with Gasteiger partial charge in [-0.15, -0.1) is 0 Å². The van der Waals surface area contributed by atoms with Gasteiger partial charge in [0, 0.05) is 25.8 Å². The first-order chi connectivity index (χ1) is 34.7. The van der Waals surface area contributed by atoms with Crippen molar-refractivity contribution in [1.82, 2.24) is 42.1 Å². The van der Waals surface area contributed by atoms with Gasteiger partial charge in [0.25, 0.3) is 0 Å². The van der Waals surface area contributed by atoms with Crippen LogP contribution in [0.2, 0.25) is 0 Å². The lowest BCUT2D eigenvalue weighted by molar-refractivity contribution is -0.146. The molecule has 32 nitrogen and oxygen atoms in total. The van der Waals surface area contributed by atoms with Crippen LogP contribution in [0.25, 0.3) is 0 Å². The van der Waals surface area contributed by atoms with Gasteiger partial charge >= 0.3 is 29.8 Å². The fraction of sp³-hybridized carbons (Fsp3) is 0.524. The molecule has 0 spiro atoms. The Morgan fingerprint density at radius 2 is 0.986 bits per heavy atom. The van der Waals surface area contributed by atoms with Crippen molar-refractivity contribution in [3.63, 3.8) is 0 Å². The first-order valence-electron chi connectivity index (χ1n) is 22.2. The highest BCUT2D eigenvalue weighted by molar-refractivity contribution is 6.00. The summed E-state index contributed by atoms with van der Waals surface area (Å²) in [7, 11) is 0. The number of nitrogens with one attached hydrogen (secondary N) is 7. The maximum Gasteiger partial charge on any atom is 0.326 e. The van der Waals surface area contributed by atoms with Gasteiger partial charge in [0.2, 0.25) is 53.2 Å². The third kappa shape index (κ3) is 20.7. The van der Waals surface area contributed by atoms with Gasteiger partial charge in [-0.1, -0.05) is 12.1 Å². The van der Waals surface area contributed by atoms with Crippen LogP contribution in [-0.4, -0.2) is 203 Å². The number of primary amides is 1. The summed E-state index contributed by atoms with van der Waals surface area (Å²) in [6.07, 6.45) is -6.05. The first kappa shape index (κ1) is 61.6. The number of amides is 9. The smallest absolute Gasteiger partial charge is 0.326 e. The molecule has 1 aliphatic rings. The largest absolute Gasteiger partial charge is 0.508 e. The lowest BCUT2D eigenvalue weighted by Crippen LogP contribution is -2.61. The minimum atomic E-state index is -2.13. The van der Waals surface area contributed by atoms with Crippen molar-refractivity contribution >= 4 is 83.0 Å². The van der Waals surface area contributed by atoms with Crippen molar-refractivity contribution in [2.24, 2.45) is 11.5 Å². The second-order valence-corrected chi connectivity index (χ2v) is 16.5. The van der Waals surface area contributed by atoms with E-state index >= 15 is 0 Å². The summed E-state index contributed by atoms with van der Waals surface area (Å²) in [5.74, 6) is -19.4. The molecule has 1 heterocycles. The number of aliphatic hydroxyl groups excluding tert-OH is 2. The molecule has 408 valence electrons. The van der Waals surface area contributed by atoms with Gasteiger partial charge in [0.1, 0.15) is 54.1 Å². The maximum atomic E-state index is 13.9. The number of aliphatic carboxylic acids is 5. The SMILES string of the molecule is NC(=O)C[C@H](NC(=O)[C@@H]1CCCN1C(=O)[C@H](CO)NC(=O)[C@H](CC(=O)O)NC(=O)[C@H](Cc1ccc(O)cc1)NC(=O)[C@H](CO)NC(=O)[C@H](CC(=O)O)NC(=O)[C@H](CCC(=O)O)NC(=O)[C@@H](N)CCC(=O)O)C(=O)O. The van der Waals surface area contributed by atoms with Gasteiger partial charge in [-0.05, 0) is 43.4 Å². The van der Waals surface area contributed by atoms with Crippen LogP contribution in [-0.2, 0) is 73.5 Å². The van der Waals surface area contributed by atoms with Crippen molar-refractivity contribution < 1.29 is 108 Å². The third-order valence-electron chi connectivity index (χ3n) is 10.8. The van der Waals surface area contributed by atoms with Crippen LogP contribution in [0, 0.1) is 0 Å². The lowest BCUT2D eigenvalue weighted by Gasteiger charge is -2.29. The standard InChI is InChI=1S/C42H58N10O22/c43-20(7-9-30(57)58)34(65)45-21(8-10-31(59)60)35(66)47-23(14-32(61)62)37(68)50-26(16-53)39(70)46-22(12-18-3-5-19(55)6-4-18)36(67)48-24(15-33(63)64)38(69)51-27(17-54)41(72)52-11-1-2-28(52)40(71)49-25(42(73)74)13-29(44)56/h3-6,20-28,53-55H,1-2,7-17,43H2,(H2,44,56)(H,45,65)(H,46,70)(H,47,66)(H,48,67)(H,49,71)(H,50,68)(H,51,69)(H,57,58)(H,59,60)(H,61,62)(H,63,64)(H,73,74)/t20-,21-,22-,23-,24-,25-,26-,27-,28-/m0/s1. The highest BCUT2D eigenvalue weighted by atomic mass is 16.4. The zero-order valence-electron chi connectivity index (χ0n) is 39.1. The van der Waals surface area contributed by atoms with Crippen LogP contribution in [0.1, 0.15) is 63.4 Å². The molecule has 0 aromatic heterocycles. The summed E-state index contributed by atoms with van der Waals surface area (Å²) in [6, 6.07) is -11.7. The fourth-order valence-corrected chi connectivity index (χ4v) is 6.98. The molecule has 19 N–H and O–H groups in total. The average molecular weight is 1050 g/mol. The molecule has 1 aromatic carbocycles. The molecule has 74 heavy (non-hydrogen) atoms. The molecule has 32 heteroatoms. The average Bonchev–Trinajstić information content (AvgIpc) is 3.82. The Bertz CT molecular complexity index is 2280. The topological polar surface area (TPSA) is 540 Å². The number of hydrogen-bond donors (Lipinski definition) is 17. The molecule has 0 bridgehead atoms. The highest BCUT2D eigenvalue weighted by Crippen LogP contribution is 2.20. The number of carbonyl (C=O) groups excluding carboxylic acids is 9. The molecule has 9 amide bonds. The molecule has 2 rings (SSSR count). The number of aliphatic hydroxyl groups is 2. The van der Waals surface area contributed by atoms with Crippen LogP contribution < -0.4 is 48.7 Å². The van der Waals surface area contributed by atoms with E-state index in [1.54, 1.807) is 0 Å². The first-order valence-corrected chi connectivity index (χ1v) is 22.2. The number of benzene rings is 1. The maximum absolute atomic E-state index is 13.9. The Balaban J connectivity index is 2.38. The highest BCUT2D eigenvalue weighted by Gasteiger charge is 2.41. The van der Waals surface area contributed by atoms with E-state index in [1.807, 2.05) is 10.6 Å². The zero-order chi connectivity index (χ0) is 56.0. The molecule has 1 saturated heterocycles. The van der Waals surface area contributed by atoms with Crippen molar-refractivity contribution in [3.05, 3.63) is 29.8 Å². The molecular weight excluding hydrogens is 997 g/mol. The number of nitrogens with zero attached hydrogens (tertiary/aromatic N) is 1. The molecule has 0 saturated carbocycles. The van der Waals surface area contributed by atoms with E-state index in [1.165, 1.54) is 12.1 Å². The van der Waals surface area contributed by atoms with Gasteiger partial charge in [-0.25, -0.2) is 4.79 Å². The summed E-state index contributed by atoms with van der Waals surface area (Å²) in [5.41, 5.74) is 10.9. The third-order valence-corrected chi connectivity index (χ3v) is 10.8. The summed E-state index contributed by atoms with van der Waals surface area (Å²) >= 11 is 0. The van der Waals surface area contributed by atoms with E-state index in [4.69, 9.17) is 16.6 Å². The normalized spacial score (nSPS) is 16.1. The monoisotopic (exact) mass is 1050 g/mol. The quantitative estimate of drug-likeness (QED) is 0.0319. The fourth-order valence-electron chi connectivity index (χ4n) is 6.98. The van der Waals surface area contributed by atoms with Crippen molar-refractivity contribution in [3.8, 4) is 5.75 Å². The number of nitrogens with two attached hydrogens (primary N) is 2. The van der Waals surface area contributed by atoms with E-state index < -0.39 is 202 Å². The minimum Gasteiger partial charge on any atom is -0.508 e. The van der Waals surface area contributed by atoms with Gasteiger partial charge in [-0.2, -0.15) is 0 Å². The predicted octanol–water partition coefficient (Wildman–Crippen LogP) is -7.73. The molecule has 1 aliphatic heterocycles. The second kappa shape index (κ2) is 29.7. The number of aromatic hydroxyl groups is 1. The van der Waals surface area contributed by atoms with E-state index in [0.29, 0.717) is 0 Å². The van der Waals surface area contributed by atoms with Crippen LogP contribution in [0.4, 0.5) is 0 Å². The molecule has 0 radical (unpaired) electrons. The number of rotatable bonds is 32. The van der Waals surface area contributed by atoms with Crippen molar-refractivity contribution in [1.29, 1.82) is 0 Å².